The highest BCUT2D eigenvalue weighted by Gasteiger charge is 2.24. The Morgan fingerprint density at radius 2 is 2.20 bits per heavy atom. The Labute approximate surface area is 98.0 Å². The maximum atomic E-state index is 5.32. The summed E-state index contributed by atoms with van der Waals surface area (Å²) in [7, 11) is 1.78. The van der Waals surface area contributed by atoms with Gasteiger partial charge in [0.05, 0.1) is 6.10 Å². The van der Waals surface area contributed by atoms with E-state index < -0.39 is 0 Å². The first-order chi connectivity index (χ1) is 7.11. The van der Waals surface area contributed by atoms with Crippen LogP contribution in [0.3, 0.4) is 0 Å². The molecule has 0 bridgehead atoms. The summed E-state index contributed by atoms with van der Waals surface area (Å²) >= 11 is 5.22. The van der Waals surface area contributed by atoms with Crippen molar-refractivity contribution in [3.05, 3.63) is 0 Å². The second-order valence-electron chi connectivity index (χ2n) is 4.62. The van der Waals surface area contributed by atoms with Gasteiger partial charge in [-0.3, -0.25) is 0 Å². The molecule has 2 atom stereocenters. The first-order valence-corrected chi connectivity index (χ1v) is 6.09. The van der Waals surface area contributed by atoms with Crippen LogP contribution < -0.4 is 10.6 Å². The summed E-state index contributed by atoms with van der Waals surface area (Å²) in [5.41, 5.74) is 0. The maximum Gasteiger partial charge on any atom is 0.166 e. The number of ether oxygens (including phenoxy) is 1. The SMILES string of the molecule is COC1CCC(NC(=S)NCC(C)C)C1. The van der Waals surface area contributed by atoms with Gasteiger partial charge in [0.25, 0.3) is 0 Å². The van der Waals surface area contributed by atoms with E-state index in [0.717, 1.165) is 30.9 Å². The molecule has 1 saturated carbocycles. The predicted octanol–water partition coefficient (Wildman–Crippen LogP) is 1.67. The van der Waals surface area contributed by atoms with Crippen LogP contribution in [0.2, 0.25) is 0 Å². The highest BCUT2D eigenvalue weighted by atomic mass is 32.1. The summed E-state index contributed by atoms with van der Waals surface area (Å²) in [6.45, 7) is 5.28. The molecule has 0 aromatic rings. The van der Waals surface area contributed by atoms with E-state index in [9.17, 15) is 0 Å². The van der Waals surface area contributed by atoms with E-state index >= 15 is 0 Å². The fraction of sp³-hybridized carbons (Fsp3) is 0.909. The normalized spacial score (nSPS) is 25.6. The molecule has 1 rings (SSSR count). The molecule has 4 heteroatoms. The molecule has 1 fully saturated rings. The van der Waals surface area contributed by atoms with Gasteiger partial charge in [-0.25, -0.2) is 0 Å². The zero-order valence-electron chi connectivity index (χ0n) is 9.88. The van der Waals surface area contributed by atoms with Crippen LogP contribution in [0, 0.1) is 5.92 Å². The van der Waals surface area contributed by atoms with Crippen molar-refractivity contribution in [1.82, 2.24) is 10.6 Å². The monoisotopic (exact) mass is 230 g/mol. The molecule has 0 amide bonds. The van der Waals surface area contributed by atoms with E-state index in [0.29, 0.717) is 18.1 Å². The van der Waals surface area contributed by atoms with Gasteiger partial charge < -0.3 is 15.4 Å². The van der Waals surface area contributed by atoms with E-state index in [2.05, 4.69) is 24.5 Å². The van der Waals surface area contributed by atoms with Crippen LogP contribution >= 0.6 is 12.2 Å². The topological polar surface area (TPSA) is 33.3 Å². The second-order valence-corrected chi connectivity index (χ2v) is 5.02. The van der Waals surface area contributed by atoms with Crippen LogP contribution in [0.1, 0.15) is 33.1 Å². The summed E-state index contributed by atoms with van der Waals surface area (Å²) in [5.74, 6) is 0.625. The number of rotatable bonds is 4. The maximum absolute atomic E-state index is 5.32. The Balaban J connectivity index is 2.16. The molecule has 1 aliphatic rings. The average Bonchev–Trinajstić information content (AvgIpc) is 2.62. The fourth-order valence-corrected chi connectivity index (χ4v) is 2.07. The van der Waals surface area contributed by atoms with Crippen molar-refractivity contribution in [3.8, 4) is 0 Å². The Kier molecular flexibility index (Phi) is 5.32. The summed E-state index contributed by atoms with van der Waals surface area (Å²) in [6.07, 6.45) is 3.78. The van der Waals surface area contributed by atoms with Crippen molar-refractivity contribution in [2.75, 3.05) is 13.7 Å². The van der Waals surface area contributed by atoms with Gasteiger partial charge in [0.1, 0.15) is 0 Å². The van der Waals surface area contributed by atoms with Gasteiger partial charge >= 0.3 is 0 Å². The summed E-state index contributed by atoms with van der Waals surface area (Å²) in [5, 5.41) is 7.34. The fourth-order valence-electron chi connectivity index (χ4n) is 1.82. The van der Waals surface area contributed by atoms with E-state index in [1.54, 1.807) is 7.11 Å². The lowest BCUT2D eigenvalue weighted by Gasteiger charge is -2.17. The van der Waals surface area contributed by atoms with Gasteiger partial charge in [-0.15, -0.1) is 0 Å². The van der Waals surface area contributed by atoms with Gasteiger partial charge in [-0.2, -0.15) is 0 Å². The smallest absolute Gasteiger partial charge is 0.166 e. The Morgan fingerprint density at radius 3 is 2.73 bits per heavy atom. The third-order valence-electron chi connectivity index (χ3n) is 2.72. The zero-order chi connectivity index (χ0) is 11.3. The van der Waals surface area contributed by atoms with Crippen LogP contribution in [-0.4, -0.2) is 30.9 Å². The van der Waals surface area contributed by atoms with Crippen LogP contribution in [-0.2, 0) is 4.74 Å². The van der Waals surface area contributed by atoms with Gasteiger partial charge in [0, 0.05) is 19.7 Å². The summed E-state index contributed by atoms with van der Waals surface area (Å²) in [4.78, 5) is 0. The Bertz CT molecular complexity index is 209. The number of hydrogen-bond acceptors (Lipinski definition) is 2. The number of nitrogens with one attached hydrogen (secondary N) is 2. The van der Waals surface area contributed by atoms with Crippen molar-refractivity contribution >= 4 is 17.3 Å². The molecule has 0 heterocycles. The third-order valence-corrected chi connectivity index (χ3v) is 2.99. The van der Waals surface area contributed by atoms with Gasteiger partial charge in [-0.05, 0) is 37.4 Å². The lowest BCUT2D eigenvalue weighted by Crippen LogP contribution is -2.42. The molecule has 15 heavy (non-hydrogen) atoms. The predicted molar refractivity (Wildman–Crippen MR) is 67.0 cm³/mol. The van der Waals surface area contributed by atoms with Crippen molar-refractivity contribution in [3.63, 3.8) is 0 Å². The molecular formula is C11H22N2OS. The minimum absolute atomic E-state index is 0.412. The van der Waals surface area contributed by atoms with Gasteiger partial charge in [0.2, 0.25) is 0 Å². The first kappa shape index (κ1) is 12.7. The van der Waals surface area contributed by atoms with Crippen LogP contribution in [0.5, 0.6) is 0 Å². The number of hydrogen-bond donors (Lipinski definition) is 2. The molecule has 2 unspecified atom stereocenters. The molecule has 88 valence electrons. The average molecular weight is 230 g/mol. The second kappa shape index (κ2) is 6.28. The molecule has 2 N–H and O–H groups in total. The minimum atomic E-state index is 0.412. The van der Waals surface area contributed by atoms with Crippen molar-refractivity contribution in [2.45, 2.75) is 45.3 Å². The zero-order valence-corrected chi connectivity index (χ0v) is 10.7. The molecule has 0 aliphatic heterocycles. The largest absolute Gasteiger partial charge is 0.381 e. The van der Waals surface area contributed by atoms with E-state index in [-0.39, 0.29) is 0 Å². The highest BCUT2D eigenvalue weighted by Crippen LogP contribution is 2.21. The van der Waals surface area contributed by atoms with Gasteiger partial charge in [-0.1, -0.05) is 13.8 Å². The van der Waals surface area contributed by atoms with Crippen LogP contribution in [0.25, 0.3) is 0 Å². The number of methoxy groups -OCH3 is 1. The van der Waals surface area contributed by atoms with E-state index in [1.807, 2.05) is 0 Å². The standard InChI is InChI=1S/C11H22N2OS/c1-8(2)7-12-11(15)13-9-4-5-10(6-9)14-3/h8-10H,4-7H2,1-3H3,(H2,12,13,15). The molecule has 0 saturated heterocycles. The van der Waals surface area contributed by atoms with Crippen LogP contribution in [0.15, 0.2) is 0 Å². The lowest BCUT2D eigenvalue weighted by molar-refractivity contribution is 0.107. The summed E-state index contributed by atoms with van der Waals surface area (Å²) in [6, 6.07) is 0.488. The van der Waals surface area contributed by atoms with Crippen molar-refractivity contribution in [2.24, 2.45) is 5.92 Å². The molecule has 3 nitrogen and oxygen atoms in total. The quantitative estimate of drug-likeness (QED) is 0.720. The van der Waals surface area contributed by atoms with Crippen LogP contribution in [0.4, 0.5) is 0 Å². The minimum Gasteiger partial charge on any atom is -0.381 e. The first-order valence-electron chi connectivity index (χ1n) is 5.69. The van der Waals surface area contributed by atoms with Crippen molar-refractivity contribution in [1.29, 1.82) is 0 Å². The Morgan fingerprint density at radius 1 is 1.47 bits per heavy atom. The Hall–Kier alpha value is -0.350. The molecule has 0 spiro atoms. The molecule has 0 radical (unpaired) electrons. The van der Waals surface area contributed by atoms with Crippen molar-refractivity contribution < 1.29 is 4.74 Å². The van der Waals surface area contributed by atoms with Gasteiger partial charge in [0.15, 0.2) is 5.11 Å². The molecular weight excluding hydrogens is 208 g/mol. The summed E-state index contributed by atoms with van der Waals surface area (Å²) < 4.78 is 5.32. The number of thiocarbonyl (C=S) groups is 1. The van der Waals surface area contributed by atoms with E-state index in [4.69, 9.17) is 17.0 Å². The highest BCUT2D eigenvalue weighted by molar-refractivity contribution is 7.80. The third kappa shape index (κ3) is 4.80. The molecule has 1 aliphatic carbocycles. The molecule has 0 aromatic carbocycles. The molecule has 0 aromatic heterocycles. The lowest BCUT2D eigenvalue weighted by atomic mass is 10.2. The van der Waals surface area contributed by atoms with E-state index in [1.165, 1.54) is 0 Å².